The van der Waals surface area contributed by atoms with Crippen molar-refractivity contribution in [1.82, 2.24) is 4.90 Å². The van der Waals surface area contributed by atoms with Crippen LogP contribution in [0.25, 0.3) is 6.08 Å². The van der Waals surface area contributed by atoms with Gasteiger partial charge in [-0.25, -0.2) is 9.79 Å². The van der Waals surface area contributed by atoms with Gasteiger partial charge in [-0.15, -0.1) is 0 Å². The molecule has 1 fully saturated rings. The van der Waals surface area contributed by atoms with Crippen molar-refractivity contribution in [2.45, 2.75) is 13.8 Å². The number of amidine groups is 1. The smallest absolute Gasteiger partial charge is 0.344 e. The molecule has 1 saturated heterocycles. The number of likely N-dealkylation sites (N-methyl/N-ethyl adjacent to an activating group) is 1. The lowest BCUT2D eigenvalue weighted by molar-refractivity contribution is -0.145. The number of hydrogen-bond donors (Lipinski definition) is 0. The second-order valence-corrected chi connectivity index (χ2v) is 7.95. The van der Waals surface area contributed by atoms with Crippen LogP contribution >= 0.6 is 23.4 Å². The van der Waals surface area contributed by atoms with Crippen molar-refractivity contribution in [3.05, 3.63) is 58.0 Å². The molecule has 0 N–H and O–H groups in total. The molecule has 0 radical (unpaired) electrons. The Hall–Kier alpha value is -2.97. The molecule has 1 aliphatic rings. The summed E-state index contributed by atoms with van der Waals surface area (Å²) < 4.78 is 15.4. The van der Waals surface area contributed by atoms with Gasteiger partial charge < -0.3 is 14.2 Å². The normalized spacial score (nSPS) is 16.0. The first-order chi connectivity index (χ1) is 15.4. The minimum Gasteiger partial charge on any atom is -0.497 e. The number of rotatable bonds is 8. The first kappa shape index (κ1) is 23.7. The van der Waals surface area contributed by atoms with E-state index < -0.39 is 5.97 Å². The monoisotopic (exact) mass is 474 g/mol. The number of carbonyl (C=O) groups excluding carboxylic acids is 2. The zero-order valence-corrected chi connectivity index (χ0v) is 19.5. The van der Waals surface area contributed by atoms with Gasteiger partial charge in [0.25, 0.3) is 5.91 Å². The molecule has 0 bridgehead atoms. The lowest BCUT2D eigenvalue weighted by Crippen LogP contribution is -2.28. The highest BCUT2D eigenvalue weighted by Gasteiger charge is 2.32. The number of carbonyl (C=O) groups is 2. The Labute approximate surface area is 196 Å². The van der Waals surface area contributed by atoms with E-state index in [9.17, 15) is 9.59 Å². The third kappa shape index (κ3) is 5.83. The van der Waals surface area contributed by atoms with E-state index in [0.29, 0.717) is 27.4 Å². The number of methoxy groups -OCH3 is 1. The molecule has 168 valence electrons. The lowest BCUT2D eigenvalue weighted by Gasteiger charge is -2.12. The fourth-order valence-electron chi connectivity index (χ4n) is 2.85. The van der Waals surface area contributed by atoms with Crippen molar-refractivity contribution in [3.8, 4) is 11.5 Å². The summed E-state index contributed by atoms with van der Waals surface area (Å²) in [6.07, 6.45) is 1.76. The van der Waals surface area contributed by atoms with Crippen molar-refractivity contribution in [2.24, 2.45) is 4.99 Å². The molecule has 1 aliphatic heterocycles. The number of aliphatic imine (C=N–C) groups is 1. The van der Waals surface area contributed by atoms with E-state index in [4.69, 9.17) is 25.8 Å². The quantitative estimate of drug-likeness (QED) is 0.399. The molecule has 0 unspecified atom stereocenters. The molecule has 2 aromatic rings. The van der Waals surface area contributed by atoms with Crippen molar-refractivity contribution >= 4 is 52.2 Å². The minimum atomic E-state index is -0.467. The second-order valence-electron chi connectivity index (χ2n) is 6.54. The molecule has 1 amide bonds. The fourth-order valence-corrected chi connectivity index (χ4v) is 4.16. The maximum Gasteiger partial charge on any atom is 0.344 e. The molecule has 0 atom stereocenters. The van der Waals surface area contributed by atoms with Crippen LogP contribution in [0.5, 0.6) is 11.5 Å². The van der Waals surface area contributed by atoms with Crippen molar-refractivity contribution in [1.29, 1.82) is 0 Å². The Kier molecular flexibility index (Phi) is 8.19. The van der Waals surface area contributed by atoms with E-state index in [1.54, 1.807) is 43.2 Å². The van der Waals surface area contributed by atoms with Crippen molar-refractivity contribution in [3.63, 3.8) is 0 Å². The van der Waals surface area contributed by atoms with Gasteiger partial charge in [-0.3, -0.25) is 9.69 Å². The predicted octanol–water partition coefficient (Wildman–Crippen LogP) is 4.91. The average molecular weight is 475 g/mol. The fraction of sp³-hybridized carbons (Fsp3) is 0.261. The molecule has 0 saturated carbocycles. The Morgan fingerprint density at radius 2 is 1.94 bits per heavy atom. The predicted molar refractivity (Wildman–Crippen MR) is 127 cm³/mol. The summed E-state index contributed by atoms with van der Waals surface area (Å²) in [4.78, 5) is 31.1. The summed E-state index contributed by atoms with van der Waals surface area (Å²) in [5.41, 5.74) is 1.46. The van der Waals surface area contributed by atoms with Crippen molar-refractivity contribution in [2.75, 3.05) is 26.9 Å². The molecule has 0 aliphatic carbocycles. The van der Waals surface area contributed by atoms with Gasteiger partial charge in [-0.05, 0) is 73.6 Å². The summed E-state index contributed by atoms with van der Waals surface area (Å²) in [7, 11) is 1.60. The van der Waals surface area contributed by atoms with Gasteiger partial charge in [0.05, 0.1) is 29.3 Å². The molecule has 32 heavy (non-hydrogen) atoms. The molecule has 0 spiro atoms. The number of ether oxygens (including phenoxy) is 3. The third-order valence-electron chi connectivity index (χ3n) is 4.41. The number of amides is 1. The van der Waals surface area contributed by atoms with Crippen LogP contribution in [-0.4, -0.2) is 48.8 Å². The zero-order valence-electron chi connectivity index (χ0n) is 18.0. The van der Waals surface area contributed by atoms with Crippen LogP contribution in [0.4, 0.5) is 5.69 Å². The summed E-state index contributed by atoms with van der Waals surface area (Å²) in [5, 5.41) is 0.938. The van der Waals surface area contributed by atoms with Crippen LogP contribution in [0, 0.1) is 0 Å². The van der Waals surface area contributed by atoms with Gasteiger partial charge >= 0.3 is 5.97 Å². The van der Waals surface area contributed by atoms with E-state index >= 15 is 0 Å². The Morgan fingerprint density at radius 1 is 1.19 bits per heavy atom. The van der Waals surface area contributed by atoms with Crippen LogP contribution in [0.3, 0.4) is 0 Å². The standard InChI is InChI=1S/C23H23ClN2O5S/c1-4-26-22(28)20(32-23(26)25-16-7-9-17(29-3)10-8-16)13-15-6-11-19(18(24)12-15)31-14-21(27)30-5-2/h6-13H,4-5,14H2,1-3H3/b20-13+,25-23?. The summed E-state index contributed by atoms with van der Waals surface area (Å²) in [5.74, 6) is 0.516. The number of hydrogen-bond acceptors (Lipinski definition) is 7. The van der Waals surface area contributed by atoms with E-state index in [0.717, 1.165) is 17.0 Å². The zero-order chi connectivity index (χ0) is 23.1. The molecule has 0 aromatic heterocycles. The van der Waals surface area contributed by atoms with Gasteiger partial charge in [0.15, 0.2) is 11.8 Å². The van der Waals surface area contributed by atoms with Gasteiger partial charge in [0.2, 0.25) is 0 Å². The lowest BCUT2D eigenvalue weighted by atomic mass is 10.2. The number of esters is 1. The van der Waals surface area contributed by atoms with Gasteiger partial charge in [0, 0.05) is 6.54 Å². The molecule has 1 heterocycles. The topological polar surface area (TPSA) is 77.4 Å². The number of nitrogens with zero attached hydrogens (tertiary/aromatic N) is 2. The number of halogens is 1. The Morgan fingerprint density at radius 3 is 2.56 bits per heavy atom. The molecule has 3 rings (SSSR count). The van der Waals surface area contributed by atoms with Gasteiger partial charge in [0.1, 0.15) is 11.5 Å². The highest BCUT2D eigenvalue weighted by atomic mass is 35.5. The maximum atomic E-state index is 12.9. The SMILES string of the molecule is CCOC(=O)COc1ccc(/C=C2/SC(=Nc3ccc(OC)cc3)N(CC)C2=O)cc1Cl. The summed E-state index contributed by atoms with van der Waals surface area (Å²) in [6.45, 7) is 4.19. The van der Waals surface area contributed by atoms with Crippen LogP contribution in [0.2, 0.25) is 5.02 Å². The van der Waals surface area contributed by atoms with E-state index in [2.05, 4.69) is 4.99 Å². The highest BCUT2D eigenvalue weighted by Crippen LogP contribution is 2.35. The average Bonchev–Trinajstić information content (AvgIpc) is 3.07. The highest BCUT2D eigenvalue weighted by molar-refractivity contribution is 8.18. The molecule has 7 nitrogen and oxygen atoms in total. The summed E-state index contributed by atoms with van der Waals surface area (Å²) in [6, 6.07) is 12.4. The molecule has 9 heteroatoms. The van der Waals surface area contributed by atoms with E-state index in [1.807, 2.05) is 31.2 Å². The van der Waals surface area contributed by atoms with Crippen LogP contribution < -0.4 is 9.47 Å². The van der Waals surface area contributed by atoms with Crippen molar-refractivity contribution < 1.29 is 23.8 Å². The Balaban J connectivity index is 1.77. The summed E-state index contributed by atoms with van der Waals surface area (Å²) >= 11 is 7.59. The van der Waals surface area contributed by atoms with Gasteiger partial charge in [-0.1, -0.05) is 17.7 Å². The third-order valence-corrected chi connectivity index (χ3v) is 5.71. The molecule has 2 aromatic carbocycles. The largest absolute Gasteiger partial charge is 0.497 e. The van der Waals surface area contributed by atoms with Gasteiger partial charge in [-0.2, -0.15) is 0 Å². The maximum absolute atomic E-state index is 12.9. The minimum absolute atomic E-state index is 0.122. The second kappa shape index (κ2) is 11.1. The van der Waals surface area contributed by atoms with E-state index in [1.165, 1.54) is 11.8 Å². The Bertz CT molecular complexity index is 1050. The van der Waals surface area contributed by atoms with Crippen LogP contribution in [0.1, 0.15) is 19.4 Å². The first-order valence-electron chi connectivity index (χ1n) is 9.97. The van der Waals surface area contributed by atoms with Crippen LogP contribution in [0.15, 0.2) is 52.4 Å². The first-order valence-corrected chi connectivity index (χ1v) is 11.2. The number of benzene rings is 2. The van der Waals surface area contributed by atoms with Crippen LogP contribution in [-0.2, 0) is 14.3 Å². The molecular formula is C23H23ClN2O5S. The molecular weight excluding hydrogens is 452 g/mol. The number of thioether (sulfide) groups is 1. The van der Waals surface area contributed by atoms with E-state index in [-0.39, 0.29) is 19.1 Å².